The molecule has 2 N–H and O–H groups in total. The molecule has 3 heterocycles. The van der Waals surface area contributed by atoms with Gasteiger partial charge in [0.05, 0.1) is 17.9 Å². The second kappa shape index (κ2) is 7.72. The van der Waals surface area contributed by atoms with Gasteiger partial charge >= 0.3 is 0 Å². The van der Waals surface area contributed by atoms with Gasteiger partial charge in [0.15, 0.2) is 10.9 Å². The lowest BCUT2D eigenvalue weighted by Gasteiger charge is -2.24. The maximum absolute atomic E-state index is 4.77. The van der Waals surface area contributed by atoms with Gasteiger partial charge in [0.2, 0.25) is 0 Å². The molecule has 8 heteroatoms. The first-order valence-corrected chi connectivity index (χ1v) is 10.5. The first-order chi connectivity index (χ1) is 13.1. The summed E-state index contributed by atoms with van der Waals surface area (Å²) in [5.41, 5.74) is 3.60. The van der Waals surface area contributed by atoms with E-state index in [1.165, 1.54) is 11.3 Å². The molecule has 7 nitrogen and oxygen atoms in total. The summed E-state index contributed by atoms with van der Waals surface area (Å²) < 4.78 is 4.13. The number of aliphatic imine (C=N–C) groups is 1. The third-order valence-electron chi connectivity index (χ3n) is 4.85. The lowest BCUT2D eigenvalue weighted by molar-refractivity contribution is 0.499. The zero-order valence-corrected chi connectivity index (χ0v) is 17.0. The molecule has 1 aliphatic rings. The summed E-state index contributed by atoms with van der Waals surface area (Å²) in [7, 11) is 0. The largest absolute Gasteiger partial charge is 0.357 e. The molecule has 3 aromatic rings. The van der Waals surface area contributed by atoms with Gasteiger partial charge in [0.1, 0.15) is 0 Å². The number of nitrogens with zero attached hydrogens (tertiary/aromatic N) is 5. The number of thiazole rings is 1. The molecule has 1 atom stereocenters. The fourth-order valence-electron chi connectivity index (χ4n) is 3.43. The molecule has 1 aliphatic carbocycles. The van der Waals surface area contributed by atoms with Crippen LogP contribution in [-0.2, 0) is 19.4 Å². The van der Waals surface area contributed by atoms with Crippen LogP contribution in [0.15, 0.2) is 29.0 Å². The van der Waals surface area contributed by atoms with Crippen LogP contribution in [0.5, 0.6) is 0 Å². The van der Waals surface area contributed by atoms with E-state index in [9.17, 15) is 0 Å². The zero-order valence-electron chi connectivity index (χ0n) is 16.1. The Kier molecular flexibility index (Phi) is 5.15. The summed E-state index contributed by atoms with van der Waals surface area (Å²) in [6.45, 7) is 7.84. The van der Waals surface area contributed by atoms with Crippen LogP contribution in [0.3, 0.4) is 0 Å². The predicted octanol–water partition coefficient (Wildman–Crippen LogP) is 2.79. The molecule has 27 heavy (non-hydrogen) atoms. The van der Waals surface area contributed by atoms with Crippen LogP contribution in [0.25, 0.3) is 4.96 Å². The molecule has 0 radical (unpaired) electrons. The summed E-state index contributed by atoms with van der Waals surface area (Å²) in [6, 6.07) is 0.766. The Morgan fingerprint density at radius 1 is 1.41 bits per heavy atom. The quantitative estimate of drug-likeness (QED) is 0.523. The van der Waals surface area contributed by atoms with Crippen molar-refractivity contribution in [3.63, 3.8) is 0 Å². The smallest absolute Gasteiger partial charge is 0.193 e. The molecule has 4 rings (SSSR count). The molecule has 0 amide bonds. The molecular weight excluding hydrogens is 358 g/mol. The average molecular weight is 386 g/mol. The summed E-state index contributed by atoms with van der Waals surface area (Å²) in [5.74, 6) is 0.852. The number of imidazole rings is 1. The molecule has 0 aromatic carbocycles. The number of guanidine groups is 1. The van der Waals surface area contributed by atoms with E-state index in [0.29, 0.717) is 18.6 Å². The molecule has 0 aliphatic heterocycles. The third-order valence-corrected chi connectivity index (χ3v) is 5.62. The highest BCUT2D eigenvalue weighted by Gasteiger charge is 2.23. The van der Waals surface area contributed by atoms with Crippen molar-refractivity contribution in [1.29, 1.82) is 0 Å². The van der Waals surface area contributed by atoms with Crippen molar-refractivity contribution in [1.82, 2.24) is 29.8 Å². The van der Waals surface area contributed by atoms with Crippen molar-refractivity contribution < 1.29 is 0 Å². The topological polar surface area (TPSA) is 71.5 Å². The molecule has 1 unspecified atom stereocenters. The fourth-order valence-corrected chi connectivity index (χ4v) is 4.14. The van der Waals surface area contributed by atoms with Gasteiger partial charge in [0.25, 0.3) is 0 Å². The number of rotatable bonds is 5. The Bertz CT molecular complexity index is 905. The molecule has 0 saturated carbocycles. The van der Waals surface area contributed by atoms with E-state index in [1.54, 1.807) is 11.3 Å². The monoisotopic (exact) mass is 385 g/mol. The van der Waals surface area contributed by atoms with Crippen LogP contribution in [-0.4, -0.2) is 37.7 Å². The van der Waals surface area contributed by atoms with Crippen molar-refractivity contribution in [2.75, 3.05) is 6.54 Å². The van der Waals surface area contributed by atoms with Crippen molar-refractivity contribution in [2.24, 2.45) is 4.99 Å². The van der Waals surface area contributed by atoms with Crippen molar-refractivity contribution in [3.05, 3.63) is 40.9 Å². The van der Waals surface area contributed by atoms with Gasteiger partial charge in [-0.3, -0.25) is 9.08 Å². The van der Waals surface area contributed by atoms with E-state index in [2.05, 4.69) is 47.3 Å². The van der Waals surface area contributed by atoms with Crippen LogP contribution in [0.1, 0.15) is 50.2 Å². The van der Waals surface area contributed by atoms with Crippen LogP contribution in [0, 0.1) is 0 Å². The van der Waals surface area contributed by atoms with E-state index >= 15 is 0 Å². The maximum Gasteiger partial charge on any atom is 0.193 e. The number of aryl methyl sites for hydroxylation is 1. The highest BCUT2D eigenvalue weighted by atomic mass is 32.1. The Balaban J connectivity index is 1.42. The summed E-state index contributed by atoms with van der Waals surface area (Å²) in [4.78, 5) is 10.4. The number of nitrogens with one attached hydrogen (secondary N) is 2. The summed E-state index contributed by atoms with van der Waals surface area (Å²) in [6.07, 6.45) is 9.39. The van der Waals surface area contributed by atoms with Crippen LogP contribution in [0.2, 0.25) is 0 Å². The van der Waals surface area contributed by atoms with Gasteiger partial charge < -0.3 is 10.6 Å². The van der Waals surface area contributed by atoms with Gasteiger partial charge in [-0.25, -0.2) is 9.98 Å². The number of fused-ring (bicyclic) bond motifs is 2. The van der Waals surface area contributed by atoms with Crippen molar-refractivity contribution >= 4 is 22.3 Å². The fraction of sp³-hybridized carbons (Fsp3) is 0.526. The number of aromatic nitrogens is 4. The Labute approximate surface area is 163 Å². The predicted molar refractivity (Wildman–Crippen MR) is 109 cm³/mol. The first-order valence-electron chi connectivity index (χ1n) is 9.65. The van der Waals surface area contributed by atoms with E-state index in [4.69, 9.17) is 10.1 Å². The summed E-state index contributed by atoms with van der Waals surface area (Å²) >= 11 is 1.64. The highest BCUT2D eigenvalue weighted by Crippen LogP contribution is 2.21. The van der Waals surface area contributed by atoms with E-state index in [-0.39, 0.29) is 0 Å². The Morgan fingerprint density at radius 3 is 3.07 bits per heavy atom. The molecule has 0 bridgehead atoms. The molecule has 3 aromatic heterocycles. The second-order valence-corrected chi connectivity index (χ2v) is 8.15. The standard InChI is InChI=1S/C19H27N7S/c1-4-20-18(21-10-16-12-25-7-8-27-19(25)23-16)22-15-6-5-14-11-26(13(2)3)24-17(14)9-15/h7-8,11-13,15H,4-6,9-10H2,1-3H3,(H2,20,21,22). The summed E-state index contributed by atoms with van der Waals surface area (Å²) in [5, 5.41) is 13.8. The van der Waals surface area contributed by atoms with Gasteiger partial charge in [-0.2, -0.15) is 5.10 Å². The lowest BCUT2D eigenvalue weighted by atomic mass is 9.94. The van der Waals surface area contributed by atoms with Gasteiger partial charge in [-0.15, -0.1) is 11.3 Å². The van der Waals surface area contributed by atoms with E-state index in [0.717, 1.165) is 42.4 Å². The lowest BCUT2D eigenvalue weighted by Crippen LogP contribution is -2.45. The van der Waals surface area contributed by atoms with Gasteiger partial charge in [-0.05, 0) is 39.2 Å². The minimum Gasteiger partial charge on any atom is -0.357 e. The van der Waals surface area contributed by atoms with Crippen molar-refractivity contribution in [3.8, 4) is 0 Å². The van der Waals surface area contributed by atoms with Crippen LogP contribution in [0.4, 0.5) is 0 Å². The van der Waals surface area contributed by atoms with E-state index < -0.39 is 0 Å². The minimum absolute atomic E-state index is 0.358. The molecule has 0 spiro atoms. The minimum atomic E-state index is 0.358. The Hall–Kier alpha value is -2.35. The third kappa shape index (κ3) is 4.00. The SMILES string of the molecule is CCNC(=NCc1cn2ccsc2n1)NC1CCc2cn(C(C)C)nc2C1. The van der Waals surface area contributed by atoms with Gasteiger partial charge in [0, 0.05) is 49.0 Å². The number of hydrogen-bond donors (Lipinski definition) is 2. The number of hydrogen-bond acceptors (Lipinski definition) is 4. The second-order valence-electron chi connectivity index (χ2n) is 7.28. The van der Waals surface area contributed by atoms with E-state index in [1.807, 2.05) is 22.2 Å². The molecular formula is C19H27N7S. The first kappa shape index (κ1) is 18.0. The Morgan fingerprint density at radius 2 is 2.30 bits per heavy atom. The normalized spacial score (nSPS) is 17.5. The maximum atomic E-state index is 4.77. The highest BCUT2D eigenvalue weighted by molar-refractivity contribution is 7.15. The van der Waals surface area contributed by atoms with Crippen LogP contribution >= 0.6 is 11.3 Å². The van der Waals surface area contributed by atoms with Gasteiger partial charge in [-0.1, -0.05) is 0 Å². The average Bonchev–Trinajstić information content (AvgIpc) is 3.33. The van der Waals surface area contributed by atoms with Crippen LogP contribution < -0.4 is 10.6 Å². The molecule has 144 valence electrons. The molecule has 0 fully saturated rings. The van der Waals surface area contributed by atoms with Crippen molar-refractivity contribution in [2.45, 2.75) is 58.7 Å². The molecule has 0 saturated heterocycles. The zero-order chi connectivity index (χ0) is 18.8.